The summed E-state index contributed by atoms with van der Waals surface area (Å²) in [6.45, 7) is 6.76. The summed E-state index contributed by atoms with van der Waals surface area (Å²) in [5.41, 5.74) is 0. The van der Waals surface area contributed by atoms with Gasteiger partial charge in [0.15, 0.2) is 0 Å². The van der Waals surface area contributed by atoms with Crippen LogP contribution in [0.3, 0.4) is 0 Å². The molecule has 0 aromatic heterocycles. The lowest BCUT2D eigenvalue weighted by molar-refractivity contribution is -0.659. The van der Waals surface area contributed by atoms with E-state index in [1.54, 1.807) is 0 Å². The summed E-state index contributed by atoms with van der Waals surface area (Å²) in [5.74, 6) is 0. The zero-order chi connectivity index (χ0) is 7.28. The third-order valence-electron chi connectivity index (χ3n) is 1.71. The highest BCUT2D eigenvalue weighted by molar-refractivity contribution is 4.51. The average Bonchev–Trinajstić information content (AvgIpc) is 1.87. The van der Waals surface area contributed by atoms with E-state index in [0.717, 1.165) is 12.6 Å². The molecule has 0 rings (SSSR count). The molecular weight excluding hydrogens is 112 g/mol. The van der Waals surface area contributed by atoms with E-state index >= 15 is 0 Å². The van der Waals surface area contributed by atoms with Crippen molar-refractivity contribution in [3.63, 3.8) is 0 Å². The van der Waals surface area contributed by atoms with Crippen molar-refractivity contribution in [2.24, 2.45) is 0 Å². The number of nitrogens with zero attached hydrogens (tertiary/aromatic N) is 1. The van der Waals surface area contributed by atoms with E-state index in [4.69, 9.17) is 0 Å². The minimum absolute atomic E-state index is 0.731. The van der Waals surface area contributed by atoms with E-state index < -0.39 is 0 Å². The fourth-order valence-corrected chi connectivity index (χ4v) is 0.726. The number of likely N-dealkylation sites (N-methyl/N-ethyl adjacent to an activating group) is 2. The summed E-state index contributed by atoms with van der Waals surface area (Å²) in [7, 11) is 4.27. The molecular formula is C7H19N2+. The standard InChI is InChI=1S/C7H18N2/c1-5-9(4)6-7(2)8-3/h7-8H,5-6H2,1-4H3/p+1. The monoisotopic (exact) mass is 131 g/mol. The van der Waals surface area contributed by atoms with Crippen molar-refractivity contribution >= 4 is 0 Å². The lowest BCUT2D eigenvalue weighted by Crippen LogP contribution is -2.87. The third kappa shape index (κ3) is 4.43. The van der Waals surface area contributed by atoms with Crippen molar-refractivity contribution in [2.45, 2.75) is 19.9 Å². The van der Waals surface area contributed by atoms with Gasteiger partial charge in [-0.05, 0) is 20.5 Å². The van der Waals surface area contributed by atoms with Crippen molar-refractivity contribution in [1.29, 1.82) is 0 Å². The maximum atomic E-state index is 2.32. The molecule has 0 aliphatic rings. The van der Waals surface area contributed by atoms with Gasteiger partial charge in [0.05, 0.1) is 13.1 Å². The second-order valence-corrected chi connectivity index (χ2v) is 2.67. The van der Waals surface area contributed by atoms with Crippen LogP contribution in [0.25, 0.3) is 0 Å². The van der Waals surface area contributed by atoms with E-state index in [2.05, 4.69) is 38.2 Å². The van der Waals surface area contributed by atoms with Crippen LogP contribution in [0, 0.1) is 0 Å². The first kappa shape index (κ1) is 8.92. The van der Waals surface area contributed by atoms with Crippen molar-refractivity contribution in [2.75, 3.05) is 27.2 Å². The largest absolute Gasteiger partial charge is 0.345 e. The lowest BCUT2D eigenvalue weighted by Gasteiger charge is -2.16. The summed E-state index contributed by atoms with van der Waals surface area (Å²) in [4.78, 5) is 2.32. The summed E-state index contributed by atoms with van der Waals surface area (Å²) in [5, 5.41) is 2.24. The number of hydrogen-bond donors (Lipinski definition) is 1. The smallest absolute Gasteiger partial charge is 0.0957 e. The molecule has 2 nitrogen and oxygen atoms in total. The Hall–Kier alpha value is -0.0800. The van der Waals surface area contributed by atoms with Crippen LogP contribution in [0.1, 0.15) is 13.8 Å². The molecule has 1 atom stereocenters. The summed E-state index contributed by atoms with van der Waals surface area (Å²) in [6.07, 6.45) is 0. The van der Waals surface area contributed by atoms with Gasteiger partial charge in [-0.3, -0.25) is 0 Å². The molecule has 0 amide bonds. The molecule has 0 aromatic rings. The molecule has 1 unspecified atom stereocenters. The molecule has 0 saturated carbocycles. The Kier molecular flexibility index (Phi) is 4.72. The molecule has 0 aromatic carbocycles. The molecule has 0 radical (unpaired) electrons. The van der Waals surface area contributed by atoms with Crippen molar-refractivity contribution in [3.8, 4) is 0 Å². The van der Waals surface area contributed by atoms with Gasteiger partial charge in [0.2, 0.25) is 0 Å². The second kappa shape index (κ2) is 4.77. The van der Waals surface area contributed by atoms with Gasteiger partial charge in [0.25, 0.3) is 0 Å². The van der Waals surface area contributed by atoms with Crippen LogP contribution in [0.2, 0.25) is 0 Å². The van der Waals surface area contributed by atoms with Gasteiger partial charge >= 0.3 is 0 Å². The Morgan fingerprint density at radius 3 is 2.44 bits per heavy atom. The Labute approximate surface area is 58.2 Å². The zero-order valence-corrected chi connectivity index (χ0v) is 7.02. The molecule has 56 valence electrons. The van der Waals surface area contributed by atoms with E-state index in [9.17, 15) is 0 Å². The Morgan fingerprint density at radius 1 is 1.56 bits per heavy atom. The molecule has 2 heteroatoms. The summed E-state index contributed by atoms with van der Waals surface area (Å²) >= 11 is 0. The quantitative estimate of drug-likeness (QED) is 0.546. The maximum Gasteiger partial charge on any atom is 0.0957 e. The van der Waals surface area contributed by atoms with Gasteiger partial charge in [0, 0.05) is 6.54 Å². The summed E-state index contributed by atoms with van der Waals surface area (Å²) in [6, 6.07) is 0.731. The normalized spacial score (nSPS) is 14.3. The highest BCUT2D eigenvalue weighted by Crippen LogP contribution is 1.81. The fourth-order valence-electron chi connectivity index (χ4n) is 0.726. The fraction of sp³-hybridized carbons (Fsp3) is 1.00. The third-order valence-corrected chi connectivity index (χ3v) is 1.71. The van der Waals surface area contributed by atoms with Crippen molar-refractivity contribution in [1.82, 2.24) is 4.90 Å². The predicted molar refractivity (Wildman–Crippen MR) is 40.5 cm³/mol. The van der Waals surface area contributed by atoms with Crippen LogP contribution in [0.4, 0.5) is 0 Å². The molecule has 2 N–H and O–H groups in total. The lowest BCUT2D eigenvalue weighted by atomic mass is 10.3. The molecule has 0 aliphatic carbocycles. The minimum atomic E-state index is 0.731. The van der Waals surface area contributed by atoms with Crippen molar-refractivity contribution in [3.05, 3.63) is 0 Å². The number of rotatable bonds is 4. The van der Waals surface area contributed by atoms with Crippen LogP contribution in [-0.2, 0) is 0 Å². The molecule has 0 heterocycles. The molecule has 0 spiro atoms. The van der Waals surface area contributed by atoms with Gasteiger partial charge in [-0.2, -0.15) is 0 Å². The SMILES string of the molecule is CCN(C)CC(C)[NH2+]C. The Morgan fingerprint density at radius 2 is 2.11 bits per heavy atom. The molecule has 0 bridgehead atoms. The maximum absolute atomic E-state index is 2.32. The van der Waals surface area contributed by atoms with Gasteiger partial charge in [-0.15, -0.1) is 0 Å². The van der Waals surface area contributed by atoms with Crippen LogP contribution < -0.4 is 5.32 Å². The predicted octanol–water partition coefficient (Wildman–Crippen LogP) is -0.480. The van der Waals surface area contributed by atoms with E-state index in [1.807, 2.05) is 0 Å². The molecule has 0 saturated heterocycles. The molecule has 0 fully saturated rings. The first-order valence-electron chi connectivity index (χ1n) is 3.68. The van der Waals surface area contributed by atoms with Gasteiger partial charge in [0.1, 0.15) is 0 Å². The number of hydrogen-bond acceptors (Lipinski definition) is 1. The number of quaternary nitrogens is 1. The Balaban J connectivity index is 3.22. The van der Waals surface area contributed by atoms with Crippen LogP contribution in [0.15, 0.2) is 0 Å². The highest BCUT2D eigenvalue weighted by Gasteiger charge is 2.02. The van der Waals surface area contributed by atoms with Gasteiger partial charge in [-0.25, -0.2) is 0 Å². The average molecular weight is 131 g/mol. The topological polar surface area (TPSA) is 19.9 Å². The van der Waals surface area contributed by atoms with E-state index in [0.29, 0.717) is 0 Å². The van der Waals surface area contributed by atoms with Crippen LogP contribution >= 0.6 is 0 Å². The zero-order valence-electron chi connectivity index (χ0n) is 7.02. The highest BCUT2D eigenvalue weighted by atomic mass is 15.1. The van der Waals surface area contributed by atoms with E-state index in [-0.39, 0.29) is 0 Å². The second-order valence-electron chi connectivity index (χ2n) is 2.67. The van der Waals surface area contributed by atoms with Crippen LogP contribution in [-0.4, -0.2) is 38.1 Å². The first-order chi connectivity index (χ1) is 4.20. The first-order valence-corrected chi connectivity index (χ1v) is 3.68. The van der Waals surface area contributed by atoms with Gasteiger partial charge in [-0.1, -0.05) is 6.92 Å². The van der Waals surface area contributed by atoms with Crippen LogP contribution in [0.5, 0.6) is 0 Å². The minimum Gasteiger partial charge on any atom is -0.345 e. The van der Waals surface area contributed by atoms with Crippen molar-refractivity contribution < 1.29 is 5.32 Å². The summed E-state index contributed by atoms with van der Waals surface area (Å²) < 4.78 is 0. The number of nitrogens with two attached hydrogens (primary N) is 1. The van der Waals surface area contributed by atoms with E-state index in [1.165, 1.54) is 6.54 Å². The molecule has 9 heavy (non-hydrogen) atoms. The van der Waals surface area contributed by atoms with Gasteiger partial charge < -0.3 is 10.2 Å². The molecule has 0 aliphatic heterocycles. The Bertz CT molecular complexity index is 55.9.